The molecule has 1 aliphatic rings. The number of hydrogen-bond acceptors (Lipinski definition) is 5. The second-order valence-electron chi connectivity index (χ2n) is 5.08. The van der Waals surface area contributed by atoms with E-state index in [-0.39, 0.29) is 11.9 Å². The maximum absolute atomic E-state index is 12.9. The summed E-state index contributed by atoms with van der Waals surface area (Å²) in [5, 5.41) is 0. The third-order valence-electron chi connectivity index (χ3n) is 3.61. The number of aromatic nitrogens is 2. The summed E-state index contributed by atoms with van der Waals surface area (Å²) in [5.74, 6) is 1.32. The zero-order valence-electron chi connectivity index (χ0n) is 12.4. The van der Waals surface area contributed by atoms with Gasteiger partial charge in [-0.3, -0.25) is 0 Å². The third kappa shape index (κ3) is 3.33. The second kappa shape index (κ2) is 6.70. The molecule has 0 aliphatic carbocycles. The fraction of sp³-hybridized carbons (Fsp3) is 0.375. The maximum atomic E-state index is 12.9. The lowest BCUT2D eigenvalue weighted by Crippen LogP contribution is -2.46. The number of halogens is 1. The number of anilines is 1. The molecule has 2 heterocycles. The van der Waals surface area contributed by atoms with Gasteiger partial charge in [-0.2, -0.15) is 4.98 Å². The molecule has 0 saturated carbocycles. The Hall–Kier alpha value is -2.21. The van der Waals surface area contributed by atoms with Gasteiger partial charge in [-0.1, -0.05) is 6.92 Å². The third-order valence-corrected chi connectivity index (χ3v) is 3.61. The van der Waals surface area contributed by atoms with Crippen molar-refractivity contribution in [3.63, 3.8) is 0 Å². The summed E-state index contributed by atoms with van der Waals surface area (Å²) in [7, 11) is 0. The van der Waals surface area contributed by atoms with Crippen LogP contribution in [0.1, 0.15) is 13.3 Å². The van der Waals surface area contributed by atoms with Crippen molar-refractivity contribution in [3.8, 4) is 11.6 Å². The number of morpholine rings is 1. The SMILES string of the molecule is CCC1COCCN1c1nccc(Oc2ccc(F)cc2)n1. The summed E-state index contributed by atoms with van der Waals surface area (Å²) in [6.45, 7) is 4.23. The molecule has 0 radical (unpaired) electrons. The average Bonchev–Trinajstić information content (AvgIpc) is 2.57. The Labute approximate surface area is 128 Å². The highest BCUT2D eigenvalue weighted by Gasteiger charge is 2.23. The Morgan fingerprint density at radius 1 is 1.32 bits per heavy atom. The monoisotopic (exact) mass is 303 g/mol. The van der Waals surface area contributed by atoms with Gasteiger partial charge in [0.2, 0.25) is 11.8 Å². The first-order valence-electron chi connectivity index (χ1n) is 7.37. The van der Waals surface area contributed by atoms with E-state index >= 15 is 0 Å². The Morgan fingerprint density at radius 3 is 2.91 bits per heavy atom. The number of hydrogen-bond donors (Lipinski definition) is 0. The standard InChI is InChI=1S/C16H18FN3O2/c1-2-13-11-21-10-9-20(13)16-18-8-7-15(19-16)22-14-5-3-12(17)4-6-14/h3-8,13H,2,9-11H2,1H3. The molecule has 116 valence electrons. The molecule has 0 N–H and O–H groups in total. The Bertz CT molecular complexity index is 621. The molecule has 1 aromatic heterocycles. The van der Waals surface area contributed by atoms with Crippen LogP contribution in [0.15, 0.2) is 36.5 Å². The second-order valence-corrected chi connectivity index (χ2v) is 5.08. The number of nitrogens with zero attached hydrogens (tertiary/aromatic N) is 3. The summed E-state index contributed by atoms with van der Waals surface area (Å²) in [4.78, 5) is 10.9. The predicted molar refractivity (Wildman–Crippen MR) is 80.8 cm³/mol. The van der Waals surface area contributed by atoms with Crippen LogP contribution in [0, 0.1) is 5.82 Å². The van der Waals surface area contributed by atoms with Gasteiger partial charge in [0.25, 0.3) is 0 Å². The smallest absolute Gasteiger partial charge is 0.229 e. The molecule has 1 saturated heterocycles. The van der Waals surface area contributed by atoms with Crippen LogP contribution in [0.25, 0.3) is 0 Å². The van der Waals surface area contributed by atoms with E-state index in [1.165, 1.54) is 12.1 Å². The van der Waals surface area contributed by atoms with E-state index < -0.39 is 0 Å². The van der Waals surface area contributed by atoms with E-state index in [1.54, 1.807) is 24.4 Å². The van der Waals surface area contributed by atoms with Crippen LogP contribution < -0.4 is 9.64 Å². The minimum absolute atomic E-state index is 0.273. The lowest BCUT2D eigenvalue weighted by Gasteiger charge is -2.35. The number of benzene rings is 1. The molecular weight excluding hydrogens is 285 g/mol. The van der Waals surface area contributed by atoms with Crippen LogP contribution in [0.4, 0.5) is 10.3 Å². The van der Waals surface area contributed by atoms with Crippen LogP contribution in [-0.2, 0) is 4.74 Å². The van der Waals surface area contributed by atoms with Crippen LogP contribution in [0.5, 0.6) is 11.6 Å². The normalized spacial score (nSPS) is 18.3. The topological polar surface area (TPSA) is 47.5 Å². The Morgan fingerprint density at radius 2 is 2.14 bits per heavy atom. The van der Waals surface area contributed by atoms with E-state index in [9.17, 15) is 4.39 Å². The highest BCUT2D eigenvalue weighted by molar-refractivity contribution is 5.36. The van der Waals surface area contributed by atoms with Gasteiger partial charge in [-0.25, -0.2) is 9.37 Å². The summed E-state index contributed by atoms with van der Waals surface area (Å²) in [5.41, 5.74) is 0. The molecular formula is C16H18FN3O2. The van der Waals surface area contributed by atoms with Crippen molar-refractivity contribution in [3.05, 3.63) is 42.3 Å². The van der Waals surface area contributed by atoms with Gasteiger partial charge in [-0.15, -0.1) is 0 Å². The Balaban J connectivity index is 1.78. The molecule has 6 heteroatoms. The van der Waals surface area contributed by atoms with Crippen molar-refractivity contribution in [1.29, 1.82) is 0 Å². The van der Waals surface area contributed by atoms with Crippen molar-refractivity contribution >= 4 is 5.95 Å². The molecule has 1 aromatic carbocycles. The van der Waals surface area contributed by atoms with E-state index in [4.69, 9.17) is 9.47 Å². The van der Waals surface area contributed by atoms with Crippen LogP contribution in [-0.4, -0.2) is 35.8 Å². The largest absolute Gasteiger partial charge is 0.439 e. The fourth-order valence-electron chi connectivity index (χ4n) is 2.41. The zero-order valence-corrected chi connectivity index (χ0v) is 12.4. The molecule has 1 atom stereocenters. The van der Waals surface area contributed by atoms with E-state index in [0.29, 0.717) is 30.8 Å². The molecule has 0 amide bonds. The fourth-order valence-corrected chi connectivity index (χ4v) is 2.41. The molecule has 1 aliphatic heterocycles. The van der Waals surface area contributed by atoms with E-state index in [2.05, 4.69) is 21.8 Å². The van der Waals surface area contributed by atoms with Crippen LogP contribution in [0.3, 0.4) is 0 Å². The molecule has 0 bridgehead atoms. The Kier molecular flexibility index (Phi) is 4.48. The lowest BCUT2D eigenvalue weighted by atomic mass is 10.2. The van der Waals surface area contributed by atoms with Gasteiger partial charge in [0.1, 0.15) is 11.6 Å². The van der Waals surface area contributed by atoms with Crippen molar-refractivity contribution in [2.45, 2.75) is 19.4 Å². The lowest BCUT2D eigenvalue weighted by molar-refractivity contribution is 0.0920. The van der Waals surface area contributed by atoms with E-state index in [0.717, 1.165) is 13.0 Å². The maximum Gasteiger partial charge on any atom is 0.229 e. The highest BCUT2D eigenvalue weighted by Crippen LogP contribution is 2.23. The summed E-state index contributed by atoms with van der Waals surface area (Å²) in [6.07, 6.45) is 2.63. The van der Waals surface area contributed by atoms with Gasteiger partial charge >= 0.3 is 0 Å². The molecule has 22 heavy (non-hydrogen) atoms. The summed E-state index contributed by atoms with van der Waals surface area (Å²) < 4.78 is 24.1. The molecule has 1 unspecified atom stereocenters. The molecule has 0 spiro atoms. The molecule has 5 nitrogen and oxygen atoms in total. The van der Waals surface area contributed by atoms with Gasteiger partial charge < -0.3 is 14.4 Å². The zero-order chi connectivity index (χ0) is 15.4. The van der Waals surface area contributed by atoms with Gasteiger partial charge in [-0.05, 0) is 30.7 Å². The van der Waals surface area contributed by atoms with Crippen molar-refractivity contribution in [2.24, 2.45) is 0 Å². The first-order chi connectivity index (χ1) is 10.8. The van der Waals surface area contributed by atoms with E-state index in [1.807, 2.05) is 0 Å². The van der Waals surface area contributed by atoms with Gasteiger partial charge in [0.05, 0.1) is 19.3 Å². The summed E-state index contributed by atoms with van der Waals surface area (Å²) >= 11 is 0. The first kappa shape index (κ1) is 14.7. The highest BCUT2D eigenvalue weighted by atomic mass is 19.1. The van der Waals surface area contributed by atoms with Crippen molar-refractivity contribution in [1.82, 2.24) is 9.97 Å². The van der Waals surface area contributed by atoms with Crippen LogP contribution in [0.2, 0.25) is 0 Å². The number of ether oxygens (including phenoxy) is 2. The van der Waals surface area contributed by atoms with Crippen molar-refractivity contribution < 1.29 is 13.9 Å². The molecule has 3 rings (SSSR count). The van der Waals surface area contributed by atoms with Gasteiger partial charge in [0.15, 0.2) is 0 Å². The summed E-state index contributed by atoms with van der Waals surface area (Å²) in [6, 6.07) is 7.81. The quantitative estimate of drug-likeness (QED) is 0.869. The first-order valence-corrected chi connectivity index (χ1v) is 7.37. The minimum atomic E-state index is -0.296. The molecule has 1 fully saturated rings. The van der Waals surface area contributed by atoms with Gasteiger partial charge in [0, 0.05) is 18.8 Å². The van der Waals surface area contributed by atoms with Crippen LogP contribution >= 0.6 is 0 Å². The number of rotatable bonds is 4. The predicted octanol–water partition coefficient (Wildman–Crippen LogP) is 3.02. The molecule has 2 aromatic rings. The van der Waals surface area contributed by atoms with Crippen molar-refractivity contribution in [2.75, 3.05) is 24.7 Å². The average molecular weight is 303 g/mol. The minimum Gasteiger partial charge on any atom is -0.439 e.